The highest BCUT2D eigenvalue weighted by Gasteiger charge is 2.49. The fourth-order valence-electron chi connectivity index (χ4n) is 11.3. The van der Waals surface area contributed by atoms with Crippen LogP contribution in [0.1, 0.15) is 151 Å². The van der Waals surface area contributed by atoms with E-state index in [4.69, 9.17) is 58.5 Å². The molecule has 3 aliphatic rings. The molecule has 0 radical (unpaired) electrons. The normalized spacial score (nSPS) is 15.1. The highest BCUT2D eigenvalue weighted by Crippen LogP contribution is 2.39. The molecule has 0 aromatic heterocycles. The van der Waals surface area contributed by atoms with E-state index in [1.54, 1.807) is 36.4 Å². The fraction of sp³-hybridized carbons (Fsp3) is 0.436. The molecular weight excluding hydrogens is 1500 g/mol. The molecule has 0 fully saturated rings. The number of nitrogens with zero attached hydrogens (tertiary/aromatic N) is 5. The summed E-state index contributed by atoms with van der Waals surface area (Å²) in [5.41, 5.74) is 1.49. The lowest BCUT2D eigenvalue weighted by Crippen LogP contribution is -2.53. The van der Waals surface area contributed by atoms with Crippen molar-refractivity contribution in [3.63, 3.8) is 0 Å². The Morgan fingerprint density at radius 2 is 0.771 bits per heavy atom. The van der Waals surface area contributed by atoms with Gasteiger partial charge in [-0.25, -0.2) is 55.3 Å². The van der Waals surface area contributed by atoms with Crippen LogP contribution in [0.3, 0.4) is 0 Å². The first-order valence-corrected chi connectivity index (χ1v) is 35.5. The molecule has 0 saturated carbocycles. The summed E-state index contributed by atoms with van der Waals surface area (Å²) in [5.74, 6) is -5.97. The van der Waals surface area contributed by atoms with Gasteiger partial charge in [0.25, 0.3) is 0 Å². The number of ether oxygens (including phenoxy) is 6. The summed E-state index contributed by atoms with van der Waals surface area (Å²) in [6, 6.07) is 16.3. The van der Waals surface area contributed by atoms with Gasteiger partial charge in [-0.3, -0.25) is 4.79 Å². The number of alkyl halides is 3. The van der Waals surface area contributed by atoms with E-state index in [2.05, 4.69) is 58.5 Å². The molecule has 0 aliphatic carbocycles. The molecule has 2 N–H and O–H groups in total. The number of hydrogen-bond acceptors (Lipinski definition) is 14. The van der Waals surface area contributed by atoms with Crippen LogP contribution in [0, 0.1) is 34.9 Å². The number of carbonyl (C=O) groups is 6. The number of halogens is 12. The second-order valence-electron chi connectivity index (χ2n) is 27.7. The van der Waals surface area contributed by atoms with E-state index < -0.39 is 101 Å². The zero-order chi connectivity index (χ0) is 81.8. The molecule has 6 aromatic rings. The zero-order valence-corrected chi connectivity index (χ0v) is 65.5. The molecule has 3 heterocycles. The van der Waals surface area contributed by atoms with E-state index in [-0.39, 0.29) is 99.9 Å². The summed E-state index contributed by atoms with van der Waals surface area (Å²) in [7, 11) is 3.53. The van der Waals surface area contributed by atoms with Crippen molar-refractivity contribution in [2.75, 3.05) is 60.6 Å². The van der Waals surface area contributed by atoms with Gasteiger partial charge < -0.3 is 58.7 Å². The number of hydrogen-bond donors (Lipinski definition) is 2. The van der Waals surface area contributed by atoms with Gasteiger partial charge in [-0.05, 0) is 220 Å². The molecule has 3 aliphatic heterocycles. The van der Waals surface area contributed by atoms with Gasteiger partial charge in [0.1, 0.15) is 54.5 Å². The summed E-state index contributed by atoms with van der Waals surface area (Å²) >= 11 is 17.1. The lowest BCUT2D eigenvalue weighted by atomic mass is 9.92. The number of benzene rings is 6. The van der Waals surface area contributed by atoms with Gasteiger partial charge in [0.15, 0.2) is 35.6 Å². The van der Waals surface area contributed by atoms with Crippen LogP contribution in [0.4, 0.5) is 49.1 Å². The third kappa shape index (κ3) is 25.4. The van der Waals surface area contributed by atoms with Gasteiger partial charge in [-0.1, -0.05) is 73.8 Å². The number of methoxy groups -OCH3 is 3. The number of amides is 5. The number of nitrogens with one attached hydrogen (secondary N) is 2. The summed E-state index contributed by atoms with van der Waals surface area (Å²) in [6.07, 6.45) is -4.21. The fourth-order valence-corrected chi connectivity index (χ4v) is 11.8. The van der Waals surface area contributed by atoms with Crippen molar-refractivity contribution in [3.05, 3.63) is 198 Å². The van der Waals surface area contributed by atoms with Crippen molar-refractivity contribution in [1.29, 1.82) is 0 Å². The first-order valence-electron chi connectivity index (χ1n) is 34.4. The van der Waals surface area contributed by atoms with E-state index >= 15 is 0 Å². The Morgan fingerprint density at radius 1 is 0.486 bits per heavy atom. The Hall–Kier alpha value is -9.21. The third-order valence-electron chi connectivity index (χ3n) is 16.6. The Labute approximate surface area is 643 Å². The first-order chi connectivity index (χ1) is 51.0. The largest absolute Gasteiger partial charge is 0.489 e. The molecule has 0 unspecified atom stereocenters. The maximum absolute atomic E-state index is 14.1. The Morgan fingerprint density at radius 3 is 1.00 bits per heavy atom. The van der Waals surface area contributed by atoms with Crippen LogP contribution in [-0.2, 0) is 72.5 Å². The number of aliphatic imine (C=N–C) groups is 1. The Kier molecular flexibility index (Phi) is 33.1. The van der Waals surface area contributed by atoms with E-state index in [1.807, 2.05) is 62.3 Å². The van der Waals surface area contributed by atoms with Crippen LogP contribution >= 0.6 is 34.8 Å². The zero-order valence-electron chi connectivity index (χ0n) is 63.3. The van der Waals surface area contributed by atoms with Crippen LogP contribution in [-0.4, -0.2) is 145 Å². The average Bonchev–Trinajstić information content (AvgIpc) is 0.780. The monoisotopic (exact) mass is 1590 g/mol. The van der Waals surface area contributed by atoms with Gasteiger partial charge >= 0.3 is 42.1 Å². The predicted octanol–water partition coefficient (Wildman–Crippen LogP) is 16.9. The molecule has 19 nitrogen and oxygen atoms in total. The molecule has 3 atom stereocenters. The quantitative estimate of drug-likeness (QED) is 0.0323. The van der Waals surface area contributed by atoms with Crippen molar-refractivity contribution in [1.82, 2.24) is 30.2 Å². The van der Waals surface area contributed by atoms with Gasteiger partial charge in [0.05, 0.1) is 58.6 Å². The highest BCUT2D eigenvalue weighted by molar-refractivity contribution is 6.31. The van der Waals surface area contributed by atoms with Crippen molar-refractivity contribution in [2.45, 2.75) is 163 Å². The molecule has 594 valence electrons. The lowest BCUT2D eigenvalue weighted by molar-refractivity contribution is -0.190. The molecule has 0 saturated heterocycles. The molecule has 109 heavy (non-hydrogen) atoms. The third-order valence-corrected chi connectivity index (χ3v) is 17.5. The number of urea groups is 2. The van der Waals surface area contributed by atoms with Crippen LogP contribution in [0.5, 0.6) is 17.2 Å². The minimum absolute atomic E-state index is 0.00172. The van der Waals surface area contributed by atoms with Crippen LogP contribution in [0.15, 0.2) is 103 Å². The van der Waals surface area contributed by atoms with Crippen molar-refractivity contribution < 1.29 is 96.7 Å². The maximum Gasteiger partial charge on any atom is 0.471 e. The summed E-state index contributed by atoms with van der Waals surface area (Å²) in [5, 5.41) is 5.08. The van der Waals surface area contributed by atoms with E-state index in [0.717, 1.165) is 54.6 Å². The number of esters is 3. The smallest absolute Gasteiger partial charge is 0.471 e. The lowest BCUT2D eigenvalue weighted by Gasteiger charge is -2.37. The number of carbonyl (C=O) groups excluding carboxylic acids is 6. The summed E-state index contributed by atoms with van der Waals surface area (Å²) in [6.45, 7) is 29.6. The standard InChI is InChI=1S/2C23H25ClF2N2O4.C20H15ClF5NO4.C6H11N.C6H15N/c2*1-23(2,3)27-22(30)28-10-9-13-11-14(5-6-15(13)20(28)21(29)31-4)32-12-16-18(25)8-7-17(24)19(16)26;1-30-18(28)17-12-3-2-11(31-9-13-15(22)5-4-14(21)16(13)23)8-10(12)6-7-27(17)19(29)20(24,25)26;1-5-7-6(2,3)4;1-4-7(5-2)6-3/h2*5-8,11,20H,9-10,12H2,1-4H3,(H,27,30);2-5,8,17H,6-7,9H2,1H3;1H2,2-4H3;4-6H2,1-3H3/t2*20-;17-;;/m111../s1. The van der Waals surface area contributed by atoms with E-state index in [1.165, 1.54) is 61.9 Å². The minimum Gasteiger partial charge on any atom is -0.489 e. The first kappa shape index (κ1) is 90.4. The maximum atomic E-state index is 14.1. The average molecular weight is 1600 g/mol. The van der Waals surface area contributed by atoms with Crippen molar-refractivity contribution >= 4 is 76.5 Å². The second kappa shape index (κ2) is 39.9. The van der Waals surface area contributed by atoms with Gasteiger partial charge in [0.2, 0.25) is 0 Å². The molecule has 5 amide bonds. The molecule has 0 bridgehead atoms. The molecule has 6 aromatic carbocycles. The summed E-state index contributed by atoms with van der Waals surface area (Å²) < 4.78 is 154. The van der Waals surface area contributed by atoms with Crippen molar-refractivity contribution in [3.8, 4) is 17.2 Å². The van der Waals surface area contributed by atoms with E-state index in [0.29, 0.717) is 45.9 Å². The molecule has 9 rings (SSSR count). The van der Waals surface area contributed by atoms with Gasteiger partial charge in [-0.15, -0.1) is 0 Å². The topological polar surface area (TPSA) is 207 Å². The molecule has 0 spiro atoms. The van der Waals surface area contributed by atoms with Gasteiger partial charge in [-0.2, -0.15) is 13.2 Å². The summed E-state index contributed by atoms with van der Waals surface area (Å²) in [4.78, 5) is 84.1. The highest BCUT2D eigenvalue weighted by atomic mass is 35.5. The number of rotatable bonds is 15. The van der Waals surface area contributed by atoms with E-state index in [9.17, 15) is 68.3 Å². The van der Waals surface area contributed by atoms with Crippen molar-refractivity contribution in [2.24, 2.45) is 4.99 Å². The second-order valence-corrected chi connectivity index (χ2v) is 29.0. The molecule has 31 heteroatoms. The minimum atomic E-state index is -5.15. The Balaban J connectivity index is 0.000000268. The Bertz CT molecular complexity index is 4090. The SMILES string of the molecule is C=C=NC(C)(C)C.CCN(CC)CC.COC(=O)[C@H]1c2ccc(OCc3c(F)ccc(Cl)c3F)cc2CCN1C(=O)C(F)(F)F.COC(=O)[C@H]1c2ccc(OCc3c(F)ccc(Cl)c3F)cc2CCN1C(=O)NC(C)(C)C.COC(=O)[C@H]1c2ccc(OCc3c(F)ccc(Cl)c3F)cc2CCN1C(=O)NC(C)(C)C. The van der Waals surface area contributed by atoms with Crippen LogP contribution in [0.25, 0.3) is 0 Å². The van der Waals surface area contributed by atoms with Gasteiger partial charge in [0, 0.05) is 30.7 Å². The van der Waals surface area contributed by atoms with Crippen LogP contribution < -0.4 is 24.8 Å². The number of fused-ring (bicyclic) bond motifs is 3. The van der Waals surface area contributed by atoms with Crippen LogP contribution in [0.2, 0.25) is 15.1 Å². The predicted molar refractivity (Wildman–Crippen MR) is 396 cm³/mol. The molecular formula is C78H91Cl3F9N7O12.